The van der Waals surface area contributed by atoms with Gasteiger partial charge in [-0.05, 0) is 44.5 Å². The van der Waals surface area contributed by atoms with Gasteiger partial charge in [0.25, 0.3) is 0 Å². The van der Waals surface area contributed by atoms with Crippen molar-refractivity contribution in [2.45, 2.75) is 26.8 Å². The fraction of sp³-hybridized carbons (Fsp3) is 0.192. The molecular weight excluding hydrogens is 417 g/mol. The summed E-state index contributed by atoms with van der Waals surface area (Å²) in [6.07, 6.45) is 5.16. The monoisotopic (exact) mass is 441 g/mol. The molecule has 2 aromatic carbocycles. The van der Waals surface area contributed by atoms with E-state index in [1.165, 1.54) is 17.8 Å². The van der Waals surface area contributed by atoms with E-state index in [2.05, 4.69) is 39.4 Å². The van der Waals surface area contributed by atoms with Crippen molar-refractivity contribution < 1.29 is 9.13 Å². The number of halogens is 1. The number of fused-ring (bicyclic) bond motifs is 1. The van der Waals surface area contributed by atoms with Crippen molar-refractivity contribution >= 4 is 0 Å². The van der Waals surface area contributed by atoms with Gasteiger partial charge in [0.05, 0.1) is 36.4 Å². The number of aromatic nitrogens is 5. The normalized spacial score (nSPS) is 12.3. The Labute approximate surface area is 191 Å². The van der Waals surface area contributed by atoms with E-state index in [1.807, 2.05) is 54.3 Å². The predicted molar refractivity (Wildman–Crippen MR) is 125 cm³/mol. The van der Waals surface area contributed by atoms with E-state index >= 15 is 0 Å². The van der Waals surface area contributed by atoms with E-state index in [-0.39, 0.29) is 11.9 Å². The summed E-state index contributed by atoms with van der Waals surface area (Å²) in [7, 11) is 1.62. The lowest BCUT2D eigenvalue weighted by Gasteiger charge is -2.20. The van der Waals surface area contributed by atoms with Crippen molar-refractivity contribution in [1.82, 2.24) is 24.3 Å². The third-order valence-corrected chi connectivity index (χ3v) is 5.95. The van der Waals surface area contributed by atoms with Crippen LogP contribution in [-0.2, 0) is 0 Å². The predicted octanol–water partition coefficient (Wildman–Crippen LogP) is 5.61. The van der Waals surface area contributed by atoms with Crippen LogP contribution in [0, 0.1) is 19.7 Å². The van der Waals surface area contributed by atoms with E-state index in [4.69, 9.17) is 4.74 Å². The highest BCUT2D eigenvalue weighted by molar-refractivity contribution is 5.80. The molecule has 3 aromatic rings. The van der Waals surface area contributed by atoms with Gasteiger partial charge in [-0.1, -0.05) is 35.9 Å². The molecule has 1 aromatic heterocycles. The topological polar surface area (TPSA) is 57.8 Å². The van der Waals surface area contributed by atoms with Crippen molar-refractivity contribution in [3.8, 4) is 34.1 Å². The van der Waals surface area contributed by atoms with E-state index < -0.39 is 0 Å². The van der Waals surface area contributed by atoms with Gasteiger partial charge >= 0.3 is 0 Å². The van der Waals surface area contributed by atoms with Crippen LogP contribution in [0.1, 0.15) is 29.8 Å². The molecule has 0 spiro atoms. The van der Waals surface area contributed by atoms with Crippen LogP contribution >= 0.6 is 0 Å². The Kier molecular flexibility index (Phi) is 5.17. The van der Waals surface area contributed by atoms with E-state index in [1.54, 1.807) is 13.4 Å². The third-order valence-electron chi connectivity index (χ3n) is 5.95. The number of benzene rings is 2. The minimum Gasteiger partial charge on any atom is -0.495 e. The molecule has 0 bridgehead atoms. The van der Waals surface area contributed by atoms with Gasteiger partial charge in [-0.2, -0.15) is 0 Å². The Bertz CT molecular complexity index is 1400. The van der Waals surface area contributed by atoms with Crippen molar-refractivity contribution in [2.24, 2.45) is 0 Å². The second-order valence-electron chi connectivity index (χ2n) is 8.25. The van der Waals surface area contributed by atoms with Crippen molar-refractivity contribution in [3.63, 3.8) is 0 Å². The molecule has 2 aliphatic rings. The van der Waals surface area contributed by atoms with E-state index in [9.17, 15) is 4.39 Å². The Hall–Kier alpha value is -4.00. The van der Waals surface area contributed by atoms with Gasteiger partial charge in [0.15, 0.2) is 5.82 Å². The van der Waals surface area contributed by atoms with Gasteiger partial charge in [0, 0.05) is 18.0 Å². The first kappa shape index (κ1) is 20.9. The molecule has 6 nitrogen and oxygen atoms in total. The van der Waals surface area contributed by atoms with Gasteiger partial charge in [0.2, 0.25) is 0 Å². The summed E-state index contributed by atoms with van der Waals surface area (Å²) in [6, 6.07) is 15.4. The summed E-state index contributed by atoms with van der Waals surface area (Å²) >= 11 is 0. The molecule has 3 heterocycles. The molecule has 0 saturated heterocycles. The summed E-state index contributed by atoms with van der Waals surface area (Å²) in [6.45, 7) is 6.01. The van der Waals surface area contributed by atoms with Crippen molar-refractivity contribution in [1.29, 1.82) is 0 Å². The van der Waals surface area contributed by atoms with Crippen molar-refractivity contribution in [2.75, 3.05) is 7.11 Å². The van der Waals surface area contributed by atoms with Gasteiger partial charge in [0.1, 0.15) is 17.3 Å². The minimum absolute atomic E-state index is 0.102. The standard InChI is InChI=1S/C26H24FN5O/c1-16-5-7-19(8-6-16)18(3)32-14-21(27)12-22-25(29-30-26(22)32)20-9-10-23(24(11-20)33-4)31-13-17(2)28-15-31/h5-15,18H,1-4H3/t18-/m0/s1. The average molecular weight is 442 g/mol. The molecule has 7 heteroatoms. The molecule has 1 atom stereocenters. The molecule has 0 N–H and O–H groups in total. The molecule has 0 amide bonds. The zero-order chi connectivity index (χ0) is 23.1. The lowest BCUT2D eigenvalue weighted by atomic mass is 10.0. The number of hydrogen-bond acceptors (Lipinski definition) is 4. The van der Waals surface area contributed by atoms with E-state index in [0.717, 1.165) is 22.5 Å². The van der Waals surface area contributed by atoms with E-state index in [0.29, 0.717) is 22.8 Å². The zero-order valence-electron chi connectivity index (χ0n) is 19.0. The second kappa shape index (κ2) is 8.16. The first-order valence-electron chi connectivity index (χ1n) is 10.7. The van der Waals surface area contributed by atoms with Gasteiger partial charge in [-0.3, -0.25) is 0 Å². The zero-order valence-corrected chi connectivity index (χ0v) is 19.0. The largest absolute Gasteiger partial charge is 0.495 e. The Balaban J connectivity index is 1.57. The quantitative estimate of drug-likeness (QED) is 0.356. The van der Waals surface area contributed by atoms with Crippen LogP contribution in [0.5, 0.6) is 5.75 Å². The number of nitrogens with zero attached hydrogens (tertiary/aromatic N) is 5. The molecule has 0 fully saturated rings. The average Bonchev–Trinajstić information content (AvgIpc) is 3.44. The molecule has 0 aliphatic carbocycles. The maximum Gasteiger partial charge on any atom is 0.165 e. The second-order valence-corrected chi connectivity index (χ2v) is 8.25. The van der Waals surface area contributed by atoms with Crippen LogP contribution in [0.3, 0.4) is 0 Å². The van der Waals surface area contributed by atoms with Crippen LogP contribution in [0.15, 0.2) is 67.3 Å². The lowest BCUT2D eigenvalue weighted by molar-refractivity contribution is 0.413. The molecule has 166 valence electrons. The molecule has 0 radical (unpaired) electrons. The SMILES string of the molecule is COc1cc(-c2nnc3n([C@@H](C)c4ccc(C)cc4)cc(F)cc2-3)ccc1-n1cnc(C)c1. The highest BCUT2D eigenvalue weighted by Gasteiger charge is 2.23. The first-order chi connectivity index (χ1) is 15.9. The highest BCUT2D eigenvalue weighted by atomic mass is 19.1. The maximum absolute atomic E-state index is 14.7. The Morgan fingerprint density at radius 1 is 0.970 bits per heavy atom. The third kappa shape index (κ3) is 3.75. The van der Waals surface area contributed by atoms with Crippen LogP contribution in [0.2, 0.25) is 0 Å². The smallest absolute Gasteiger partial charge is 0.165 e. The number of aryl methyl sites for hydroxylation is 2. The lowest BCUT2D eigenvalue weighted by Crippen LogP contribution is -2.11. The molecule has 0 saturated carbocycles. The number of rotatable bonds is 5. The van der Waals surface area contributed by atoms with Crippen LogP contribution < -0.4 is 4.74 Å². The number of imidazole rings is 1. The first-order valence-corrected chi connectivity index (χ1v) is 10.7. The molecule has 0 unspecified atom stereocenters. The number of ether oxygens (including phenoxy) is 1. The van der Waals surface area contributed by atoms with Gasteiger partial charge < -0.3 is 13.9 Å². The summed E-state index contributed by atoms with van der Waals surface area (Å²) in [5.41, 5.74) is 6.10. The number of pyridine rings is 1. The number of hydrogen-bond donors (Lipinski definition) is 0. The van der Waals surface area contributed by atoms with Gasteiger partial charge in [-0.25, -0.2) is 9.37 Å². The van der Waals surface area contributed by atoms with Crippen LogP contribution in [0.4, 0.5) is 4.39 Å². The Morgan fingerprint density at radius 3 is 2.45 bits per heavy atom. The highest BCUT2D eigenvalue weighted by Crippen LogP contribution is 2.37. The Morgan fingerprint density at radius 2 is 1.76 bits per heavy atom. The fourth-order valence-corrected chi connectivity index (χ4v) is 4.11. The molecule has 2 aliphatic heterocycles. The number of methoxy groups -OCH3 is 1. The summed E-state index contributed by atoms with van der Waals surface area (Å²) in [5.74, 6) is 0.959. The molecular formula is C26H24FN5O. The maximum atomic E-state index is 14.7. The van der Waals surface area contributed by atoms with Crippen LogP contribution in [0.25, 0.3) is 28.3 Å². The van der Waals surface area contributed by atoms with Gasteiger partial charge in [-0.15, -0.1) is 10.2 Å². The van der Waals surface area contributed by atoms with Crippen LogP contribution in [-0.4, -0.2) is 31.4 Å². The fourth-order valence-electron chi connectivity index (χ4n) is 4.11. The van der Waals surface area contributed by atoms with Crippen molar-refractivity contribution in [3.05, 3.63) is 89.9 Å². The minimum atomic E-state index is -0.338. The summed E-state index contributed by atoms with van der Waals surface area (Å²) in [5, 5.41) is 8.86. The molecule has 33 heavy (non-hydrogen) atoms. The summed E-state index contributed by atoms with van der Waals surface area (Å²) in [4.78, 5) is 4.29. The summed E-state index contributed by atoms with van der Waals surface area (Å²) < 4.78 is 24.1. The molecule has 5 rings (SSSR count).